The van der Waals surface area contributed by atoms with Crippen molar-refractivity contribution in [3.05, 3.63) is 42.1 Å². The Hall–Kier alpha value is -4.53. The zero-order valence-corrected chi connectivity index (χ0v) is 20.4. The molecule has 14 nitrogen and oxygen atoms in total. The van der Waals surface area contributed by atoms with Gasteiger partial charge in [-0.25, -0.2) is 19.2 Å². The number of hydrogen-bond donors (Lipinski definition) is 5. The minimum absolute atomic E-state index is 0.0423. The Morgan fingerprint density at radius 1 is 1.22 bits per heavy atom. The fourth-order valence-electron chi connectivity index (χ4n) is 3.39. The molecule has 3 rings (SSSR count). The van der Waals surface area contributed by atoms with Crippen LogP contribution in [0.25, 0.3) is 5.69 Å². The van der Waals surface area contributed by atoms with Gasteiger partial charge in [-0.2, -0.15) is 10.2 Å². The van der Waals surface area contributed by atoms with Crippen molar-refractivity contribution in [2.24, 2.45) is 5.73 Å². The number of nitrogens with one attached hydrogen (secondary N) is 3. The molecule has 0 aliphatic rings. The van der Waals surface area contributed by atoms with E-state index in [0.717, 1.165) is 6.07 Å². The Kier molecular flexibility index (Phi) is 9.10. The van der Waals surface area contributed by atoms with Gasteiger partial charge in [0.2, 0.25) is 5.88 Å². The maximum atomic E-state index is 14.8. The van der Waals surface area contributed by atoms with E-state index in [1.165, 1.54) is 23.4 Å². The molecule has 15 heteroatoms. The monoisotopic (exact) mass is 517 g/mol. The minimum Gasteiger partial charge on any atom is -0.474 e. The van der Waals surface area contributed by atoms with Gasteiger partial charge in [0, 0.05) is 19.2 Å². The quantitative estimate of drug-likeness (QED) is 0.208. The lowest BCUT2D eigenvalue weighted by Gasteiger charge is -2.25. The van der Waals surface area contributed by atoms with E-state index in [4.69, 9.17) is 20.3 Å². The Bertz CT molecular complexity index is 1230. The molecule has 0 fully saturated rings. The van der Waals surface area contributed by atoms with Crippen LogP contribution in [0.2, 0.25) is 0 Å². The van der Waals surface area contributed by atoms with Crippen LogP contribution in [0.3, 0.4) is 0 Å². The van der Waals surface area contributed by atoms with Gasteiger partial charge in [-0.3, -0.25) is 4.79 Å². The molecular weight excluding hydrogens is 489 g/mol. The van der Waals surface area contributed by atoms with Crippen LogP contribution in [-0.4, -0.2) is 74.5 Å². The van der Waals surface area contributed by atoms with Gasteiger partial charge in [0.1, 0.15) is 18.1 Å². The van der Waals surface area contributed by atoms with Crippen molar-refractivity contribution in [3.8, 4) is 11.6 Å². The molecule has 3 aromatic rings. The van der Waals surface area contributed by atoms with E-state index in [0.29, 0.717) is 24.4 Å². The molecule has 0 bridgehead atoms. The van der Waals surface area contributed by atoms with E-state index >= 15 is 0 Å². The summed E-state index contributed by atoms with van der Waals surface area (Å²) in [5.74, 6) is -1.75. The van der Waals surface area contributed by atoms with E-state index in [2.05, 4.69) is 36.1 Å². The molecule has 0 radical (unpaired) electrons. The average molecular weight is 518 g/mol. The zero-order valence-electron chi connectivity index (χ0n) is 20.4. The SMILES string of the molecule is CC[C@@H](Nc1nc(Nc2cnc(OCCOC)c(-n3nccn3)c2)c(C(N)=O)cc1F)[C@H](C)NC(=O)O. The summed E-state index contributed by atoms with van der Waals surface area (Å²) < 4.78 is 25.5. The van der Waals surface area contributed by atoms with Crippen LogP contribution >= 0.6 is 0 Å². The van der Waals surface area contributed by atoms with E-state index in [-0.39, 0.29) is 29.7 Å². The molecule has 0 unspecified atom stereocenters. The normalized spacial score (nSPS) is 12.4. The maximum Gasteiger partial charge on any atom is 0.404 e. The van der Waals surface area contributed by atoms with Gasteiger partial charge < -0.3 is 36.3 Å². The van der Waals surface area contributed by atoms with Crippen LogP contribution in [0.5, 0.6) is 5.88 Å². The van der Waals surface area contributed by atoms with Crippen LogP contribution < -0.4 is 26.4 Å². The summed E-state index contributed by atoms with van der Waals surface area (Å²) in [5.41, 5.74) is 6.00. The summed E-state index contributed by atoms with van der Waals surface area (Å²) in [6.45, 7) is 4.01. The maximum absolute atomic E-state index is 14.8. The summed E-state index contributed by atoms with van der Waals surface area (Å²) in [6, 6.07) is 1.50. The topological polar surface area (TPSA) is 191 Å². The predicted octanol–water partition coefficient (Wildman–Crippen LogP) is 1.91. The first-order valence-electron chi connectivity index (χ1n) is 11.2. The van der Waals surface area contributed by atoms with E-state index in [1.54, 1.807) is 27.0 Å². The van der Waals surface area contributed by atoms with Crippen LogP contribution in [0, 0.1) is 5.82 Å². The molecular formula is C22H28FN9O5. The molecule has 0 spiro atoms. The highest BCUT2D eigenvalue weighted by atomic mass is 19.1. The number of aromatic nitrogens is 5. The number of methoxy groups -OCH3 is 1. The second-order valence-corrected chi connectivity index (χ2v) is 7.81. The van der Waals surface area contributed by atoms with Gasteiger partial charge >= 0.3 is 6.09 Å². The molecule has 0 aliphatic carbocycles. The van der Waals surface area contributed by atoms with Crippen molar-refractivity contribution in [2.75, 3.05) is 31.0 Å². The number of nitrogens with zero attached hydrogens (tertiary/aromatic N) is 5. The van der Waals surface area contributed by atoms with Crippen molar-refractivity contribution in [2.45, 2.75) is 32.4 Å². The lowest BCUT2D eigenvalue weighted by atomic mass is 10.1. The third-order valence-corrected chi connectivity index (χ3v) is 5.21. The molecule has 2 atom stereocenters. The van der Waals surface area contributed by atoms with Gasteiger partial charge in [0.05, 0.1) is 36.4 Å². The van der Waals surface area contributed by atoms with Crippen molar-refractivity contribution in [1.82, 2.24) is 30.3 Å². The van der Waals surface area contributed by atoms with Crippen LogP contribution in [0.15, 0.2) is 30.7 Å². The predicted molar refractivity (Wildman–Crippen MR) is 131 cm³/mol. The first kappa shape index (κ1) is 27.1. The number of hydrogen-bond acceptors (Lipinski definition) is 10. The smallest absolute Gasteiger partial charge is 0.404 e. The van der Waals surface area contributed by atoms with Crippen molar-refractivity contribution >= 4 is 29.3 Å². The molecule has 0 saturated carbocycles. The molecule has 3 heterocycles. The molecule has 198 valence electrons. The fraction of sp³-hybridized carbons (Fsp3) is 0.364. The lowest BCUT2D eigenvalue weighted by Crippen LogP contribution is -2.44. The number of anilines is 3. The number of carbonyl (C=O) groups excluding carboxylic acids is 1. The fourth-order valence-corrected chi connectivity index (χ4v) is 3.39. The van der Waals surface area contributed by atoms with Crippen molar-refractivity contribution in [1.29, 1.82) is 0 Å². The second-order valence-electron chi connectivity index (χ2n) is 7.81. The molecule has 0 aromatic carbocycles. The molecule has 0 saturated heterocycles. The molecule has 3 aromatic heterocycles. The number of halogens is 1. The van der Waals surface area contributed by atoms with Gasteiger partial charge in [-0.1, -0.05) is 6.92 Å². The number of primary amides is 1. The van der Waals surface area contributed by atoms with E-state index < -0.39 is 29.9 Å². The summed E-state index contributed by atoms with van der Waals surface area (Å²) in [6.07, 6.45) is 3.63. The van der Waals surface area contributed by atoms with Crippen molar-refractivity contribution in [3.63, 3.8) is 0 Å². The molecule has 0 aliphatic heterocycles. The first-order valence-corrected chi connectivity index (χ1v) is 11.2. The van der Waals surface area contributed by atoms with E-state index in [1.807, 2.05) is 0 Å². The zero-order chi connectivity index (χ0) is 26.9. The number of carboxylic acid groups (broad SMARTS) is 1. The number of nitrogens with two attached hydrogens (primary N) is 1. The molecule has 37 heavy (non-hydrogen) atoms. The molecule has 2 amide bonds. The Morgan fingerprint density at radius 2 is 1.95 bits per heavy atom. The highest BCUT2D eigenvalue weighted by molar-refractivity contribution is 5.98. The number of ether oxygens (including phenoxy) is 2. The van der Waals surface area contributed by atoms with E-state index in [9.17, 15) is 14.0 Å². The highest BCUT2D eigenvalue weighted by Crippen LogP contribution is 2.28. The summed E-state index contributed by atoms with van der Waals surface area (Å²) in [4.78, 5) is 32.9. The summed E-state index contributed by atoms with van der Waals surface area (Å²) in [7, 11) is 1.54. The van der Waals surface area contributed by atoms with Crippen LogP contribution in [0.1, 0.15) is 30.6 Å². The standard InChI is InChI=1S/C22H28FN9O5/c1-4-16(12(2)28-22(34)35)30-20-15(23)10-14(18(24)33)19(31-20)29-13-9-17(32-26-5-6-27-32)21(25-11-13)37-8-7-36-3/h5-6,9-12,16,28H,4,7-8H2,1-3H3,(H2,24,33)(H,34,35)(H2,29,30,31)/t12-,16+/m0/s1. The summed E-state index contributed by atoms with van der Waals surface area (Å²) >= 11 is 0. The Morgan fingerprint density at radius 3 is 2.57 bits per heavy atom. The largest absolute Gasteiger partial charge is 0.474 e. The van der Waals surface area contributed by atoms with Gasteiger partial charge in [0.25, 0.3) is 5.91 Å². The second kappa shape index (κ2) is 12.4. The van der Waals surface area contributed by atoms with Gasteiger partial charge in [-0.15, -0.1) is 4.80 Å². The van der Waals surface area contributed by atoms with Crippen molar-refractivity contribution < 1.29 is 28.6 Å². The number of pyridine rings is 2. The van der Waals surface area contributed by atoms with Gasteiger partial charge in [-0.05, 0) is 25.5 Å². The molecule has 6 N–H and O–H groups in total. The third kappa shape index (κ3) is 7.00. The summed E-state index contributed by atoms with van der Waals surface area (Å²) in [5, 5.41) is 25.4. The first-order chi connectivity index (χ1) is 17.7. The Balaban J connectivity index is 1.95. The number of rotatable bonds is 13. The highest BCUT2D eigenvalue weighted by Gasteiger charge is 2.22. The van der Waals surface area contributed by atoms with Gasteiger partial charge in [0.15, 0.2) is 11.6 Å². The third-order valence-electron chi connectivity index (χ3n) is 5.21. The van der Waals surface area contributed by atoms with Crippen LogP contribution in [-0.2, 0) is 4.74 Å². The minimum atomic E-state index is -1.21. The average Bonchev–Trinajstić information content (AvgIpc) is 3.39. The lowest BCUT2D eigenvalue weighted by molar-refractivity contribution is 0.1000. The number of amides is 2. The Labute approximate surface area is 211 Å². The number of carbonyl (C=O) groups is 2. The van der Waals surface area contributed by atoms with Crippen LogP contribution in [0.4, 0.5) is 26.5 Å².